The molecule has 0 unspecified atom stereocenters. The van der Waals surface area contributed by atoms with Crippen LogP contribution in [0.1, 0.15) is 17.1 Å². The van der Waals surface area contributed by atoms with Crippen molar-refractivity contribution in [3.63, 3.8) is 0 Å². The van der Waals surface area contributed by atoms with Gasteiger partial charge in [0.15, 0.2) is 11.5 Å². The topological polar surface area (TPSA) is 68.0 Å². The molecule has 0 atom stereocenters. The van der Waals surface area contributed by atoms with Gasteiger partial charge in [-0.25, -0.2) is 0 Å². The second kappa shape index (κ2) is 4.64. The van der Waals surface area contributed by atoms with Crippen molar-refractivity contribution in [1.29, 1.82) is 0 Å². The third-order valence-corrected chi connectivity index (χ3v) is 2.97. The number of hydrogen-bond acceptors (Lipinski definition) is 5. The van der Waals surface area contributed by atoms with Crippen LogP contribution in [0.25, 0.3) is 5.65 Å². The number of hydrogen-bond donors (Lipinski definition) is 1. The second-order valence-electron chi connectivity index (χ2n) is 4.36. The first-order chi connectivity index (χ1) is 9.24. The van der Waals surface area contributed by atoms with Crippen LogP contribution in [0.15, 0.2) is 30.5 Å². The number of fused-ring (bicyclic) bond motifs is 1. The lowest BCUT2D eigenvalue weighted by Gasteiger charge is -2.07. The molecule has 0 bridgehead atoms. The summed E-state index contributed by atoms with van der Waals surface area (Å²) in [4.78, 5) is 4.34. The van der Waals surface area contributed by atoms with Gasteiger partial charge in [0.1, 0.15) is 5.82 Å². The quantitative estimate of drug-likeness (QED) is 0.771. The molecule has 3 rings (SSSR count). The molecule has 0 aliphatic carbocycles. The second-order valence-corrected chi connectivity index (χ2v) is 4.36. The maximum absolute atomic E-state index is 4.43. The molecule has 3 heterocycles. The lowest BCUT2D eigenvalue weighted by atomic mass is 10.2. The molecule has 0 aliphatic rings. The maximum Gasteiger partial charge on any atom is 0.178 e. The van der Waals surface area contributed by atoms with Gasteiger partial charge in [0.05, 0.1) is 12.2 Å². The minimum atomic E-state index is 0.645. The lowest BCUT2D eigenvalue weighted by molar-refractivity contribution is 0.867. The Morgan fingerprint density at radius 3 is 2.89 bits per heavy atom. The van der Waals surface area contributed by atoms with Crippen LogP contribution in [0.3, 0.4) is 0 Å². The van der Waals surface area contributed by atoms with Gasteiger partial charge in [-0.2, -0.15) is 4.52 Å². The van der Waals surface area contributed by atoms with Gasteiger partial charge in [-0.05, 0) is 37.6 Å². The van der Waals surface area contributed by atoms with Crippen LogP contribution < -0.4 is 5.32 Å². The molecule has 0 saturated heterocycles. The van der Waals surface area contributed by atoms with Gasteiger partial charge in [-0.3, -0.25) is 4.98 Å². The molecule has 0 amide bonds. The number of nitrogens with zero attached hydrogens (tertiary/aromatic N) is 5. The molecule has 0 aliphatic heterocycles. The number of rotatable bonds is 3. The summed E-state index contributed by atoms with van der Waals surface area (Å²) >= 11 is 0. The zero-order valence-electron chi connectivity index (χ0n) is 10.8. The summed E-state index contributed by atoms with van der Waals surface area (Å²) < 4.78 is 1.72. The van der Waals surface area contributed by atoms with Gasteiger partial charge in [0, 0.05) is 6.20 Å². The number of aryl methyl sites for hydroxylation is 2. The highest BCUT2D eigenvalue weighted by molar-refractivity contribution is 5.44. The molecule has 3 aromatic rings. The van der Waals surface area contributed by atoms with E-state index >= 15 is 0 Å². The van der Waals surface area contributed by atoms with Crippen LogP contribution in [-0.2, 0) is 6.54 Å². The van der Waals surface area contributed by atoms with E-state index in [1.54, 1.807) is 10.7 Å². The van der Waals surface area contributed by atoms with E-state index in [1.807, 2.05) is 38.1 Å². The summed E-state index contributed by atoms with van der Waals surface area (Å²) in [7, 11) is 0. The molecule has 0 aromatic carbocycles. The summed E-state index contributed by atoms with van der Waals surface area (Å²) in [5.74, 6) is 1.55. The number of anilines is 1. The maximum atomic E-state index is 4.43. The predicted molar refractivity (Wildman–Crippen MR) is 71.8 cm³/mol. The van der Waals surface area contributed by atoms with Crippen molar-refractivity contribution in [3.05, 3.63) is 47.5 Å². The standard InChI is InChI=1S/C13H14N6/c1-9-4-3-7-14-11(9)8-15-12-5-6-13-17-16-10(2)19(13)18-12/h3-7H,8H2,1-2H3,(H,15,18). The van der Waals surface area contributed by atoms with Crippen molar-refractivity contribution in [1.82, 2.24) is 24.8 Å². The summed E-state index contributed by atoms with van der Waals surface area (Å²) in [6.07, 6.45) is 1.80. The van der Waals surface area contributed by atoms with Gasteiger partial charge in [0.25, 0.3) is 0 Å². The van der Waals surface area contributed by atoms with Crippen LogP contribution in [0.4, 0.5) is 5.82 Å². The Bertz CT molecular complexity index is 718. The third-order valence-electron chi connectivity index (χ3n) is 2.97. The minimum absolute atomic E-state index is 0.645. The molecule has 0 fully saturated rings. The summed E-state index contributed by atoms with van der Waals surface area (Å²) in [6, 6.07) is 7.76. The molecule has 3 aromatic heterocycles. The average molecular weight is 254 g/mol. The van der Waals surface area contributed by atoms with Gasteiger partial charge in [0.2, 0.25) is 0 Å². The van der Waals surface area contributed by atoms with Crippen LogP contribution >= 0.6 is 0 Å². The Morgan fingerprint density at radius 1 is 1.16 bits per heavy atom. The molecule has 96 valence electrons. The fourth-order valence-electron chi connectivity index (χ4n) is 1.87. The Balaban J connectivity index is 1.82. The molecular weight excluding hydrogens is 240 g/mol. The summed E-state index contributed by atoms with van der Waals surface area (Å²) in [6.45, 7) is 4.57. The molecule has 0 spiro atoms. The predicted octanol–water partition coefficient (Wildman–Crippen LogP) is 1.75. The van der Waals surface area contributed by atoms with Crippen LogP contribution in [0, 0.1) is 13.8 Å². The molecule has 1 N–H and O–H groups in total. The van der Waals surface area contributed by atoms with Crippen LogP contribution in [-0.4, -0.2) is 24.8 Å². The molecule has 0 saturated carbocycles. The molecule has 6 nitrogen and oxygen atoms in total. The van der Waals surface area contributed by atoms with E-state index in [1.165, 1.54) is 0 Å². The van der Waals surface area contributed by atoms with E-state index in [0.717, 1.165) is 28.5 Å². The van der Waals surface area contributed by atoms with E-state index in [9.17, 15) is 0 Å². The fraction of sp³-hybridized carbons (Fsp3) is 0.231. The van der Waals surface area contributed by atoms with E-state index in [0.29, 0.717) is 6.54 Å². The van der Waals surface area contributed by atoms with Crippen molar-refractivity contribution in [2.75, 3.05) is 5.32 Å². The van der Waals surface area contributed by atoms with Crippen molar-refractivity contribution in [2.24, 2.45) is 0 Å². The first kappa shape index (κ1) is 11.6. The van der Waals surface area contributed by atoms with E-state index < -0.39 is 0 Å². The number of pyridine rings is 1. The smallest absolute Gasteiger partial charge is 0.178 e. The highest BCUT2D eigenvalue weighted by Crippen LogP contribution is 2.09. The van der Waals surface area contributed by atoms with Crippen molar-refractivity contribution in [2.45, 2.75) is 20.4 Å². The van der Waals surface area contributed by atoms with Crippen molar-refractivity contribution in [3.8, 4) is 0 Å². The Kier molecular flexibility index (Phi) is 2.83. The van der Waals surface area contributed by atoms with Gasteiger partial charge in [-0.1, -0.05) is 6.07 Å². The highest BCUT2D eigenvalue weighted by Gasteiger charge is 2.04. The van der Waals surface area contributed by atoms with Gasteiger partial charge < -0.3 is 5.32 Å². The Labute approximate surface area is 110 Å². The fourth-order valence-corrected chi connectivity index (χ4v) is 1.87. The lowest BCUT2D eigenvalue weighted by Crippen LogP contribution is -2.07. The zero-order chi connectivity index (χ0) is 13.2. The highest BCUT2D eigenvalue weighted by atomic mass is 15.4. The molecule has 0 radical (unpaired) electrons. The van der Waals surface area contributed by atoms with E-state index in [2.05, 4.69) is 25.6 Å². The van der Waals surface area contributed by atoms with Gasteiger partial charge >= 0.3 is 0 Å². The average Bonchev–Trinajstić information content (AvgIpc) is 2.79. The van der Waals surface area contributed by atoms with Crippen LogP contribution in [0.2, 0.25) is 0 Å². The first-order valence-electron chi connectivity index (χ1n) is 6.07. The van der Waals surface area contributed by atoms with E-state index in [-0.39, 0.29) is 0 Å². The van der Waals surface area contributed by atoms with Crippen LogP contribution in [0.5, 0.6) is 0 Å². The largest absolute Gasteiger partial charge is 0.363 e. The SMILES string of the molecule is Cc1cccnc1CNc1ccc2nnc(C)n2n1. The summed E-state index contributed by atoms with van der Waals surface area (Å²) in [5.41, 5.74) is 2.93. The number of aromatic nitrogens is 5. The molecule has 6 heteroatoms. The Hall–Kier alpha value is -2.50. The minimum Gasteiger partial charge on any atom is -0.363 e. The third kappa shape index (κ3) is 2.24. The normalized spacial score (nSPS) is 10.8. The van der Waals surface area contributed by atoms with Crippen molar-refractivity contribution < 1.29 is 0 Å². The first-order valence-corrected chi connectivity index (χ1v) is 6.07. The van der Waals surface area contributed by atoms with Gasteiger partial charge in [-0.15, -0.1) is 15.3 Å². The summed E-state index contributed by atoms with van der Waals surface area (Å²) in [5, 5.41) is 15.7. The molecular formula is C13H14N6. The Morgan fingerprint density at radius 2 is 2.05 bits per heavy atom. The van der Waals surface area contributed by atoms with Crippen molar-refractivity contribution >= 4 is 11.5 Å². The number of nitrogens with one attached hydrogen (secondary N) is 1. The van der Waals surface area contributed by atoms with E-state index in [4.69, 9.17) is 0 Å². The molecule has 19 heavy (non-hydrogen) atoms. The monoisotopic (exact) mass is 254 g/mol. The zero-order valence-corrected chi connectivity index (χ0v) is 10.8.